The maximum absolute atomic E-state index is 5.85. The fourth-order valence-electron chi connectivity index (χ4n) is 2.75. The van der Waals surface area contributed by atoms with Crippen molar-refractivity contribution in [1.29, 1.82) is 0 Å². The molecule has 20 heavy (non-hydrogen) atoms. The zero-order chi connectivity index (χ0) is 14.1. The first-order valence-corrected chi connectivity index (χ1v) is 7.14. The molecule has 2 heterocycles. The average Bonchev–Trinajstić information content (AvgIpc) is 3.01. The molecule has 1 aliphatic rings. The SMILES string of the molecule is CCNC(C)c1nnc(N2c3ccccc3CC2C)o1. The van der Waals surface area contributed by atoms with Crippen LogP contribution in [0.15, 0.2) is 28.7 Å². The van der Waals surface area contributed by atoms with E-state index in [-0.39, 0.29) is 6.04 Å². The maximum Gasteiger partial charge on any atom is 0.323 e. The number of nitrogens with zero attached hydrogens (tertiary/aromatic N) is 3. The van der Waals surface area contributed by atoms with E-state index in [1.54, 1.807) is 0 Å². The normalized spacial score (nSPS) is 19.1. The van der Waals surface area contributed by atoms with Crippen molar-refractivity contribution in [3.8, 4) is 0 Å². The summed E-state index contributed by atoms with van der Waals surface area (Å²) in [5.74, 6) is 0.637. The van der Waals surface area contributed by atoms with E-state index in [0.717, 1.165) is 13.0 Å². The Labute approximate surface area is 119 Å². The lowest BCUT2D eigenvalue weighted by Gasteiger charge is -2.19. The van der Waals surface area contributed by atoms with E-state index in [0.29, 0.717) is 17.9 Å². The predicted molar refractivity (Wildman–Crippen MR) is 78.1 cm³/mol. The average molecular weight is 272 g/mol. The van der Waals surface area contributed by atoms with Crippen molar-refractivity contribution < 1.29 is 4.42 Å². The fraction of sp³-hybridized carbons (Fsp3) is 0.467. The summed E-state index contributed by atoms with van der Waals surface area (Å²) >= 11 is 0. The molecule has 2 atom stereocenters. The Bertz CT molecular complexity index is 595. The number of fused-ring (bicyclic) bond motifs is 1. The minimum absolute atomic E-state index is 0.0782. The number of aromatic nitrogens is 2. The molecule has 3 rings (SSSR count). The number of anilines is 2. The summed E-state index contributed by atoms with van der Waals surface area (Å²) in [5, 5.41) is 11.7. The molecular weight excluding hydrogens is 252 g/mol. The smallest absolute Gasteiger partial charge is 0.323 e. The Morgan fingerprint density at radius 1 is 1.40 bits per heavy atom. The number of hydrogen-bond acceptors (Lipinski definition) is 5. The van der Waals surface area contributed by atoms with Crippen molar-refractivity contribution >= 4 is 11.7 Å². The summed E-state index contributed by atoms with van der Waals surface area (Å²) in [6.45, 7) is 7.15. The van der Waals surface area contributed by atoms with Crippen LogP contribution in [0.1, 0.15) is 38.3 Å². The van der Waals surface area contributed by atoms with Crippen molar-refractivity contribution in [1.82, 2.24) is 15.5 Å². The second-order valence-corrected chi connectivity index (χ2v) is 5.25. The molecule has 0 bridgehead atoms. The van der Waals surface area contributed by atoms with Crippen LogP contribution < -0.4 is 10.2 Å². The van der Waals surface area contributed by atoms with Crippen LogP contribution in [0.25, 0.3) is 0 Å². The number of hydrogen-bond donors (Lipinski definition) is 1. The van der Waals surface area contributed by atoms with Crippen molar-refractivity contribution in [3.05, 3.63) is 35.7 Å². The third kappa shape index (κ3) is 2.18. The van der Waals surface area contributed by atoms with E-state index in [9.17, 15) is 0 Å². The van der Waals surface area contributed by atoms with Gasteiger partial charge < -0.3 is 9.73 Å². The number of benzene rings is 1. The van der Waals surface area contributed by atoms with Crippen molar-refractivity contribution in [2.45, 2.75) is 39.3 Å². The first-order chi connectivity index (χ1) is 9.70. The molecular formula is C15H20N4O. The van der Waals surface area contributed by atoms with Crippen LogP contribution in [0, 0.1) is 0 Å². The van der Waals surface area contributed by atoms with Gasteiger partial charge in [-0.1, -0.05) is 30.2 Å². The van der Waals surface area contributed by atoms with Crippen LogP contribution in [0.2, 0.25) is 0 Å². The highest BCUT2D eigenvalue weighted by Gasteiger charge is 2.30. The Morgan fingerprint density at radius 2 is 2.20 bits per heavy atom. The third-order valence-electron chi connectivity index (χ3n) is 3.72. The molecule has 5 heteroatoms. The Balaban J connectivity index is 1.90. The summed E-state index contributed by atoms with van der Waals surface area (Å²) in [6, 6.07) is 9.39. The topological polar surface area (TPSA) is 54.2 Å². The highest BCUT2D eigenvalue weighted by atomic mass is 16.4. The zero-order valence-electron chi connectivity index (χ0n) is 12.1. The van der Waals surface area contributed by atoms with Gasteiger partial charge in [0.15, 0.2) is 0 Å². The molecule has 0 saturated heterocycles. The van der Waals surface area contributed by atoms with Gasteiger partial charge in [-0.3, -0.25) is 4.90 Å². The lowest BCUT2D eigenvalue weighted by atomic mass is 10.1. The molecule has 0 saturated carbocycles. The van der Waals surface area contributed by atoms with Gasteiger partial charge in [0.25, 0.3) is 0 Å². The maximum atomic E-state index is 5.85. The number of para-hydroxylation sites is 1. The minimum Gasteiger partial charge on any atom is -0.406 e. The van der Waals surface area contributed by atoms with Gasteiger partial charge >= 0.3 is 6.01 Å². The molecule has 0 aliphatic carbocycles. The lowest BCUT2D eigenvalue weighted by molar-refractivity contribution is 0.421. The molecule has 1 aliphatic heterocycles. The lowest BCUT2D eigenvalue weighted by Crippen LogP contribution is -2.24. The Kier molecular flexibility index (Phi) is 3.44. The van der Waals surface area contributed by atoms with E-state index in [1.807, 2.05) is 13.0 Å². The molecule has 1 aromatic heterocycles. The zero-order valence-corrected chi connectivity index (χ0v) is 12.1. The first-order valence-electron chi connectivity index (χ1n) is 7.14. The van der Waals surface area contributed by atoms with Gasteiger partial charge in [0.1, 0.15) is 0 Å². The van der Waals surface area contributed by atoms with Crippen molar-refractivity contribution in [3.63, 3.8) is 0 Å². The molecule has 0 radical (unpaired) electrons. The van der Waals surface area contributed by atoms with Gasteiger partial charge in [-0.25, -0.2) is 0 Å². The molecule has 5 nitrogen and oxygen atoms in total. The van der Waals surface area contributed by atoms with E-state index >= 15 is 0 Å². The number of nitrogens with one attached hydrogen (secondary N) is 1. The Hall–Kier alpha value is -1.88. The fourth-order valence-corrected chi connectivity index (χ4v) is 2.75. The van der Waals surface area contributed by atoms with E-state index in [4.69, 9.17) is 4.42 Å². The molecule has 106 valence electrons. The molecule has 1 N–H and O–H groups in total. The number of rotatable bonds is 4. The van der Waals surface area contributed by atoms with Crippen LogP contribution in [-0.4, -0.2) is 22.8 Å². The van der Waals surface area contributed by atoms with E-state index < -0.39 is 0 Å². The van der Waals surface area contributed by atoms with Gasteiger partial charge in [0.2, 0.25) is 5.89 Å². The highest BCUT2D eigenvalue weighted by Crippen LogP contribution is 2.37. The van der Waals surface area contributed by atoms with Gasteiger partial charge in [0.05, 0.1) is 6.04 Å². The summed E-state index contributed by atoms with van der Waals surface area (Å²) in [6.07, 6.45) is 1.01. The quantitative estimate of drug-likeness (QED) is 0.927. The van der Waals surface area contributed by atoms with Crippen LogP contribution >= 0.6 is 0 Å². The largest absolute Gasteiger partial charge is 0.406 e. The van der Waals surface area contributed by atoms with E-state index in [1.165, 1.54) is 11.3 Å². The summed E-state index contributed by atoms with van der Waals surface area (Å²) in [5.41, 5.74) is 2.51. The molecule has 2 unspecified atom stereocenters. The summed E-state index contributed by atoms with van der Waals surface area (Å²) in [7, 11) is 0. The van der Waals surface area contributed by atoms with Crippen molar-refractivity contribution in [2.75, 3.05) is 11.4 Å². The van der Waals surface area contributed by atoms with Crippen LogP contribution in [0.4, 0.5) is 11.7 Å². The second kappa shape index (κ2) is 5.25. The summed E-state index contributed by atoms with van der Waals surface area (Å²) in [4.78, 5) is 2.13. The monoisotopic (exact) mass is 272 g/mol. The predicted octanol–water partition coefficient (Wildman–Crippen LogP) is 2.82. The standard InChI is InChI=1S/C15H20N4O/c1-4-16-11(3)14-17-18-15(20-14)19-10(2)9-12-7-5-6-8-13(12)19/h5-8,10-11,16H,4,9H2,1-3H3. The molecule has 1 aromatic carbocycles. The van der Waals surface area contributed by atoms with Crippen LogP contribution in [-0.2, 0) is 6.42 Å². The highest BCUT2D eigenvalue weighted by molar-refractivity contribution is 5.66. The first kappa shape index (κ1) is 13.1. The molecule has 0 spiro atoms. The molecule has 2 aromatic rings. The minimum atomic E-state index is 0.0782. The van der Waals surface area contributed by atoms with Gasteiger partial charge in [-0.15, -0.1) is 5.10 Å². The second-order valence-electron chi connectivity index (χ2n) is 5.25. The molecule has 0 amide bonds. The van der Waals surface area contributed by atoms with Crippen molar-refractivity contribution in [2.24, 2.45) is 0 Å². The van der Waals surface area contributed by atoms with Gasteiger partial charge in [-0.2, -0.15) is 0 Å². The molecule has 0 fully saturated rings. The van der Waals surface area contributed by atoms with Gasteiger partial charge in [0, 0.05) is 11.7 Å². The van der Waals surface area contributed by atoms with Crippen LogP contribution in [0.5, 0.6) is 0 Å². The van der Waals surface area contributed by atoms with Gasteiger partial charge in [-0.05, 0) is 38.4 Å². The third-order valence-corrected chi connectivity index (χ3v) is 3.72. The van der Waals surface area contributed by atoms with Crippen LogP contribution in [0.3, 0.4) is 0 Å². The van der Waals surface area contributed by atoms with E-state index in [2.05, 4.69) is 52.5 Å². The summed E-state index contributed by atoms with van der Waals surface area (Å²) < 4.78 is 5.85. The Morgan fingerprint density at radius 3 is 3.00 bits per heavy atom.